The van der Waals surface area contributed by atoms with Crippen LogP contribution in [0.5, 0.6) is 0 Å². The molecule has 1 atom stereocenters. The molecule has 0 spiro atoms. The van der Waals surface area contributed by atoms with E-state index in [1.165, 1.54) is 23.0 Å². The molecule has 0 aliphatic carbocycles. The van der Waals surface area contributed by atoms with Crippen molar-refractivity contribution in [1.29, 1.82) is 0 Å². The van der Waals surface area contributed by atoms with Gasteiger partial charge < -0.3 is 15.4 Å². The molecule has 2 N–H and O–H groups in total. The summed E-state index contributed by atoms with van der Waals surface area (Å²) in [4.78, 5) is 22.5. The Labute approximate surface area is 182 Å². The van der Waals surface area contributed by atoms with Gasteiger partial charge in [0, 0.05) is 19.6 Å². The van der Waals surface area contributed by atoms with Crippen molar-refractivity contribution in [3.63, 3.8) is 0 Å². The minimum Gasteiger partial charge on any atom is -0.374 e. The lowest BCUT2D eigenvalue weighted by atomic mass is 10.2. The van der Waals surface area contributed by atoms with Crippen molar-refractivity contribution in [2.45, 2.75) is 26.1 Å². The summed E-state index contributed by atoms with van der Waals surface area (Å²) in [6, 6.07) is 5.76. The number of aromatic nitrogens is 6. The molecule has 0 saturated carbocycles. The molecule has 31 heavy (non-hydrogen) atoms. The maximum atomic E-state index is 13.3. The van der Waals surface area contributed by atoms with E-state index < -0.39 is 11.7 Å². The van der Waals surface area contributed by atoms with Gasteiger partial charge in [0.05, 0.1) is 24.3 Å². The monoisotopic (exact) mass is 446 g/mol. The van der Waals surface area contributed by atoms with Gasteiger partial charge in [-0.05, 0) is 35.9 Å². The van der Waals surface area contributed by atoms with Gasteiger partial charge in [0.15, 0.2) is 0 Å². The molecule has 3 heterocycles. The molecule has 1 unspecified atom stereocenters. The zero-order valence-electron chi connectivity index (χ0n) is 16.7. The van der Waals surface area contributed by atoms with E-state index in [-0.39, 0.29) is 29.2 Å². The van der Waals surface area contributed by atoms with Crippen LogP contribution in [0.25, 0.3) is 11.5 Å². The van der Waals surface area contributed by atoms with Crippen molar-refractivity contribution in [3.8, 4) is 11.5 Å². The number of ether oxygens (including phenoxy) is 1. The molecule has 0 bridgehead atoms. The van der Waals surface area contributed by atoms with Crippen LogP contribution in [0.15, 0.2) is 24.3 Å². The summed E-state index contributed by atoms with van der Waals surface area (Å²) < 4.78 is 18.9. The highest BCUT2D eigenvalue weighted by Crippen LogP contribution is 2.16. The Hall–Kier alpha value is -3.02. The Balaban J connectivity index is 1.45. The maximum absolute atomic E-state index is 13.3. The molecule has 12 heteroatoms. The molecule has 3 aromatic rings. The number of carbonyl (C=O) groups excluding carboxylic acids is 1. The molecule has 4 rings (SSSR count). The van der Waals surface area contributed by atoms with E-state index in [1.807, 2.05) is 0 Å². The summed E-state index contributed by atoms with van der Waals surface area (Å²) in [6.45, 7) is 4.48. The molecule has 1 aromatic carbocycles. The Bertz CT molecular complexity index is 1090. The molecule has 1 aliphatic rings. The number of morpholine rings is 1. The standard InChI is InChI=1S/C19H20ClFN8O2/c1-11-24-16(18-26-28-29(27-18)10-13-9-22-4-5-31-13)7-17(25-11)19(30)23-8-12-2-3-15(21)14(20)6-12/h2-3,6-7,13,22H,4-5,8-10H2,1H3,(H,23,30). The van der Waals surface area contributed by atoms with Gasteiger partial charge in [0.25, 0.3) is 5.91 Å². The van der Waals surface area contributed by atoms with Crippen LogP contribution in [0.4, 0.5) is 4.39 Å². The van der Waals surface area contributed by atoms with Crippen molar-refractivity contribution in [3.05, 3.63) is 52.2 Å². The summed E-state index contributed by atoms with van der Waals surface area (Å²) >= 11 is 5.78. The van der Waals surface area contributed by atoms with Crippen LogP contribution in [0.1, 0.15) is 21.9 Å². The lowest BCUT2D eigenvalue weighted by molar-refractivity contribution is 0.0133. The SMILES string of the molecule is Cc1nc(C(=O)NCc2ccc(F)c(Cl)c2)cc(-c2nnn(CC3CNCCO3)n2)n1. The van der Waals surface area contributed by atoms with Gasteiger partial charge in [0.2, 0.25) is 5.82 Å². The molecule has 1 fully saturated rings. The number of nitrogens with zero attached hydrogens (tertiary/aromatic N) is 6. The first kappa shape index (κ1) is 21.2. The number of nitrogens with one attached hydrogen (secondary N) is 2. The Morgan fingerprint density at radius 3 is 3.03 bits per heavy atom. The summed E-state index contributed by atoms with van der Waals surface area (Å²) in [6.07, 6.45) is -0.0377. The second-order valence-corrected chi connectivity index (χ2v) is 7.39. The van der Waals surface area contributed by atoms with Crippen molar-refractivity contribution in [1.82, 2.24) is 40.8 Å². The number of benzene rings is 1. The molecular weight excluding hydrogens is 427 g/mol. The van der Waals surface area contributed by atoms with Crippen molar-refractivity contribution in [2.24, 2.45) is 0 Å². The summed E-state index contributed by atoms with van der Waals surface area (Å²) in [5, 5.41) is 18.4. The molecule has 1 amide bonds. The van der Waals surface area contributed by atoms with Crippen LogP contribution < -0.4 is 10.6 Å². The average Bonchev–Trinajstić information content (AvgIpc) is 3.23. The molecule has 162 valence electrons. The number of hydrogen-bond acceptors (Lipinski definition) is 8. The number of rotatable bonds is 6. The number of hydrogen-bond donors (Lipinski definition) is 2. The average molecular weight is 447 g/mol. The van der Waals surface area contributed by atoms with Crippen molar-refractivity contribution < 1.29 is 13.9 Å². The van der Waals surface area contributed by atoms with Crippen LogP contribution in [-0.4, -0.2) is 61.9 Å². The Morgan fingerprint density at radius 1 is 1.39 bits per heavy atom. The normalized spacial score (nSPS) is 16.3. The Morgan fingerprint density at radius 2 is 2.26 bits per heavy atom. The van der Waals surface area contributed by atoms with Crippen LogP contribution in [-0.2, 0) is 17.8 Å². The van der Waals surface area contributed by atoms with Crippen LogP contribution in [0.2, 0.25) is 5.02 Å². The molecule has 10 nitrogen and oxygen atoms in total. The maximum Gasteiger partial charge on any atom is 0.270 e. The second kappa shape index (κ2) is 9.41. The van der Waals surface area contributed by atoms with E-state index in [1.54, 1.807) is 13.0 Å². The van der Waals surface area contributed by atoms with Gasteiger partial charge in [-0.3, -0.25) is 4.79 Å². The van der Waals surface area contributed by atoms with Crippen LogP contribution >= 0.6 is 11.6 Å². The first-order valence-corrected chi connectivity index (χ1v) is 10.0. The van der Waals surface area contributed by atoms with Gasteiger partial charge in [-0.1, -0.05) is 17.7 Å². The predicted molar refractivity (Wildman–Crippen MR) is 109 cm³/mol. The van der Waals surface area contributed by atoms with Crippen LogP contribution in [0, 0.1) is 12.7 Å². The first-order chi connectivity index (χ1) is 15.0. The minimum atomic E-state index is -0.514. The largest absolute Gasteiger partial charge is 0.374 e. The lowest BCUT2D eigenvalue weighted by Gasteiger charge is -2.22. The third-order valence-corrected chi connectivity index (χ3v) is 4.85. The topological polar surface area (TPSA) is 120 Å². The van der Waals surface area contributed by atoms with E-state index >= 15 is 0 Å². The van der Waals surface area contributed by atoms with Crippen molar-refractivity contribution in [2.75, 3.05) is 19.7 Å². The van der Waals surface area contributed by atoms with E-state index in [0.717, 1.165) is 6.54 Å². The van der Waals surface area contributed by atoms with Crippen molar-refractivity contribution >= 4 is 17.5 Å². The third-order valence-electron chi connectivity index (χ3n) is 4.56. The van der Waals surface area contributed by atoms with E-state index in [2.05, 4.69) is 36.0 Å². The Kier molecular flexibility index (Phi) is 6.44. The zero-order chi connectivity index (χ0) is 21.8. The quantitative estimate of drug-likeness (QED) is 0.578. The number of halogens is 2. The number of carbonyl (C=O) groups is 1. The van der Waals surface area contributed by atoms with Crippen LogP contribution in [0.3, 0.4) is 0 Å². The van der Waals surface area contributed by atoms with Gasteiger partial charge in [-0.2, -0.15) is 4.80 Å². The predicted octanol–water partition coefficient (Wildman–Crippen LogP) is 1.15. The van der Waals surface area contributed by atoms with Gasteiger partial charge in [-0.15, -0.1) is 10.2 Å². The highest BCUT2D eigenvalue weighted by molar-refractivity contribution is 6.30. The smallest absolute Gasteiger partial charge is 0.270 e. The zero-order valence-corrected chi connectivity index (χ0v) is 17.4. The first-order valence-electron chi connectivity index (χ1n) is 9.66. The molecule has 2 aromatic heterocycles. The fraction of sp³-hybridized carbons (Fsp3) is 0.368. The number of aryl methyl sites for hydroxylation is 1. The lowest BCUT2D eigenvalue weighted by Crippen LogP contribution is -2.41. The minimum absolute atomic E-state index is 0.00418. The fourth-order valence-electron chi connectivity index (χ4n) is 3.06. The highest BCUT2D eigenvalue weighted by atomic mass is 35.5. The summed E-state index contributed by atoms with van der Waals surface area (Å²) in [7, 11) is 0. The second-order valence-electron chi connectivity index (χ2n) is 6.98. The number of tetrazole rings is 1. The molecule has 0 radical (unpaired) electrons. The molecular formula is C19H20ClFN8O2. The highest BCUT2D eigenvalue weighted by Gasteiger charge is 2.18. The van der Waals surface area contributed by atoms with Gasteiger partial charge in [-0.25, -0.2) is 14.4 Å². The van der Waals surface area contributed by atoms with E-state index in [0.29, 0.717) is 36.8 Å². The fourth-order valence-corrected chi connectivity index (χ4v) is 3.27. The molecule has 1 saturated heterocycles. The van der Waals surface area contributed by atoms with Gasteiger partial charge in [0.1, 0.15) is 23.0 Å². The third kappa shape index (κ3) is 5.37. The van der Waals surface area contributed by atoms with E-state index in [9.17, 15) is 9.18 Å². The van der Waals surface area contributed by atoms with Gasteiger partial charge >= 0.3 is 0 Å². The summed E-state index contributed by atoms with van der Waals surface area (Å²) in [5.41, 5.74) is 1.21. The number of amides is 1. The summed E-state index contributed by atoms with van der Waals surface area (Å²) in [5.74, 6) is -0.252. The molecule has 1 aliphatic heterocycles. The van der Waals surface area contributed by atoms with E-state index in [4.69, 9.17) is 16.3 Å².